The Kier molecular flexibility index (Phi) is 8.07. The van der Waals surface area contributed by atoms with Crippen LogP contribution in [0.2, 0.25) is 0 Å². The number of imidazole rings is 1. The zero-order valence-electron chi connectivity index (χ0n) is 22.4. The second kappa shape index (κ2) is 11.3. The van der Waals surface area contributed by atoms with Gasteiger partial charge in [0.25, 0.3) is 5.91 Å². The summed E-state index contributed by atoms with van der Waals surface area (Å²) in [5.74, 6) is -1.61. The zero-order chi connectivity index (χ0) is 29.2. The van der Waals surface area contributed by atoms with Crippen LogP contribution in [0.4, 0.5) is 5.95 Å². The number of hydrogen-bond acceptors (Lipinski definition) is 7. The first-order valence-corrected chi connectivity index (χ1v) is 13.8. The Morgan fingerprint density at radius 2 is 1.80 bits per heavy atom. The maximum atomic E-state index is 13.2. The van der Waals surface area contributed by atoms with Crippen molar-refractivity contribution in [2.24, 2.45) is 0 Å². The molecule has 0 aliphatic rings. The second-order valence-electron chi connectivity index (χ2n) is 9.63. The van der Waals surface area contributed by atoms with E-state index in [1.165, 1.54) is 13.2 Å². The first-order chi connectivity index (χ1) is 18.9. The highest BCUT2D eigenvalue weighted by Crippen LogP contribution is 2.22. The van der Waals surface area contributed by atoms with E-state index in [0.29, 0.717) is 29.1 Å². The third-order valence-corrected chi connectivity index (χ3v) is 8.18. The number of amides is 1. The van der Waals surface area contributed by atoms with Crippen LogP contribution in [0, 0.1) is 20.8 Å². The highest BCUT2D eigenvalue weighted by molar-refractivity contribution is 7.89. The average Bonchev–Trinajstić information content (AvgIpc) is 3.39. The molecule has 12 nitrogen and oxygen atoms in total. The van der Waals surface area contributed by atoms with Gasteiger partial charge in [0, 0.05) is 49.6 Å². The fraction of sp³-hybridized carbons (Fsp3) is 0.259. The topological polar surface area (TPSA) is 177 Å². The van der Waals surface area contributed by atoms with E-state index >= 15 is 0 Å². The summed E-state index contributed by atoms with van der Waals surface area (Å²) in [5.41, 5.74) is 2.47. The summed E-state index contributed by atoms with van der Waals surface area (Å²) in [6.07, 6.45) is 4.58. The highest BCUT2D eigenvalue weighted by Gasteiger charge is 2.30. The maximum Gasteiger partial charge on any atom is 0.323 e. The summed E-state index contributed by atoms with van der Waals surface area (Å²) < 4.78 is 28.4. The number of H-pyrrole nitrogens is 2. The van der Waals surface area contributed by atoms with Crippen molar-refractivity contribution in [3.63, 3.8) is 0 Å². The van der Waals surface area contributed by atoms with Gasteiger partial charge in [0.05, 0.1) is 4.90 Å². The largest absolute Gasteiger partial charge is 0.480 e. The molecule has 2 aromatic carbocycles. The predicted molar refractivity (Wildman–Crippen MR) is 150 cm³/mol. The van der Waals surface area contributed by atoms with Gasteiger partial charge in [-0.05, 0) is 49.6 Å². The normalized spacial score (nSPS) is 12.3. The van der Waals surface area contributed by atoms with Gasteiger partial charge in [-0.15, -0.1) is 0 Å². The lowest BCUT2D eigenvalue weighted by molar-refractivity contribution is -0.139. The zero-order valence-corrected chi connectivity index (χ0v) is 23.2. The molecule has 0 spiro atoms. The Bertz CT molecular complexity index is 1720. The van der Waals surface area contributed by atoms with E-state index in [0.717, 1.165) is 16.0 Å². The molecule has 2 heterocycles. The van der Waals surface area contributed by atoms with Crippen molar-refractivity contribution in [2.75, 3.05) is 18.9 Å². The first kappa shape index (κ1) is 28.5. The molecule has 0 aliphatic carbocycles. The van der Waals surface area contributed by atoms with Gasteiger partial charge in [-0.3, -0.25) is 14.4 Å². The molecule has 4 aromatic rings. The summed E-state index contributed by atoms with van der Waals surface area (Å²) in [7, 11) is -2.92. The van der Waals surface area contributed by atoms with E-state index in [9.17, 15) is 27.9 Å². The lowest BCUT2D eigenvalue weighted by atomic mass is 10.1. The molecule has 2 aromatic heterocycles. The maximum absolute atomic E-state index is 13.2. The van der Waals surface area contributed by atoms with E-state index in [1.54, 1.807) is 56.6 Å². The summed E-state index contributed by atoms with van der Waals surface area (Å²) in [5, 5.41) is 13.1. The van der Waals surface area contributed by atoms with Gasteiger partial charge in [-0.25, -0.2) is 13.4 Å². The van der Waals surface area contributed by atoms with E-state index in [2.05, 4.69) is 25.0 Å². The molecule has 13 heteroatoms. The molecule has 0 bridgehead atoms. The number of aryl methyl sites for hydroxylation is 3. The lowest BCUT2D eigenvalue weighted by Crippen LogP contribution is -2.49. The number of pyridine rings is 1. The molecule has 1 amide bonds. The summed E-state index contributed by atoms with van der Waals surface area (Å²) in [4.78, 5) is 49.3. The third kappa shape index (κ3) is 6.05. The predicted octanol–water partition coefficient (Wildman–Crippen LogP) is 2.29. The number of rotatable bonds is 10. The molecule has 4 rings (SSSR count). The quantitative estimate of drug-likeness (QED) is 0.194. The molecular formula is C27H30N6O6S. The number of likely N-dealkylation sites (N-methyl/N-ethyl adjacent to an activating group) is 1. The molecule has 5 N–H and O–H groups in total. The third-order valence-electron chi connectivity index (χ3n) is 6.41. The standard InChI is InChI=1S/C27H30N6O6S/c1-15-9-16(2)24(17(3)10-15)40(38,39)32-22(26(36)37)14-33(4)25(35)20-13-30-21-11-18(5-6-19(21)23(20)34)12-31-27-28-7-8-29-27/h5-11,13,22,32H,12,14H2,1-4H3,(H,30,34)(H,36,37)(H2,28,29,31). The Labute approximate surface area is 230 Å². The summed E-state index contributed by atoms with van der Waals surface area (Å²) >= 11 is 0. The molecule has 0 saturated heterocycles. The number of hydrogen-bond donors (Lipinski definition) is 5. The molecule has 210 valence electrons. The Morgan fingerprint density at radius 1 is 1.10 bits per heavy atom. The van der Waals surface area contributed by atoms with Gasteiger partial charge < -0.3 is 25.3 Å². The van der Waals surface area contributed by atoms with Crippen molar-refractivity contribution in [3.05, 3.63) is 87.0 Å². The monoisotopic (exact) mass is 566 g/mol. The highest BCUT2D eigenvalue weighted by atomic mass is 32.2. The van der Waals surface area contributed by atoms with Crippen molar-refractivity contribution in [1.82, 2.24) is 24.6 Å². The molecule has 1 atom stereocenters. The van der Waals surface area contributed by atoms with Gasteiger partial charge in [0.1, 0.15) is 11.6 Å². The van der Waals surface area contributed by atoms with Crippen molar-refractivity contribution < 1.29 is 23.1 Å². The van der Waals surface area contributed by atoms with Crippen molar-refractivity contribution >= 4 is 38.8 Å². The molecule has 1 unspecified atom stereocenters. The number of anilines is 1. The summed E-state index contributed by atoms with van der Waals surface area (Å²) in [6.45, 7) is 5.03. The first-order valence-electron chi connectivity index (χ1n) is 12.3. The number of carbonyl (C=O) groups is 2. The van der Waals surface area contributed by atoms with Crippen LogP contribution in [0.25, 0.3) is 10.9 Å². The molecule has 40 heavy (non-hydrogen) atoms. The molecule has 0 saturated carbocycles. The minimum Gasteiger partial charge on any atom is -0.480 e. The van der Waals surface area contributed by atoms with E-state index in [4.69, 9.17) is 0 Å². The van der Waals surface area contributed by atoms with Crippen LogP contribution >= 0.6 is 0 Å². The fourth-order valence-electron chi connectivity index (χ4n) is 4.65. The van der Waals surface area contributed by atoms with Gasteiger partial charge in [0.2, 0.25) is 15.5 Å². The van der Waals surface area contributed by atoms with Crippen LogP contribution < -0.4 is 15.5 Å². The minimum atomic E-state index is -4.23. The number of nitrogens with one attached hydrogen (secondary N) is 4. The Morgan fingerprint density at radius 3 is 2.42 bits per heavy atom. The number of carbonyl (C=O) groups excluding carboxylic acids is 1. The Balaban J connectivity index is 1.52. The number of fused-ring (bicyclic) bond motifs is 1. The summed E-state index contributed by atoms with van der Waals surface area (Å²) in [6, 6.07) is 6.85. The van der Waals surface area contributed by atoms with Crippen LogP contribution in [0.3, 0.4) is 0 Å². The molecule has 0 aliphatic heterocycles. The van der Waals surface area contributed by atoms with Gasteiger partial charge in [-0.2, -0.15) is 4.72 Å². The van der Waals surface area contributed by atoms with E-state index < -0.39 is 39.9 Å². The molecular weight excluding hydrogens is 536 g/mol. The van der Waals surface area contributed by atoms with Crippen LogP contribution in [0.1, 0.15) is 32.6 Å². The van der Waals surface area contributed by atoms with E-state index in [-0.39, 0.29) is 15.8 Å². The number of sulfonamides is 1. The van der Waals surface area contributed by atoms with Gasteiger partial charge in [0.15, 0.2) is 5.95 Å². The lowest BCUT2D eigenvalue weighted by Gasteiger charge is -2.23. The smallest absolute Gasteiger partial charge is 0.323 e. The van der Waals surface area contributed by atoms with Crippen LogP contribution in [0.15, 0.2) is 58.6 Å². The fourth-order valence-corrected chi connectivity index (χ4v) is 6.28. The number of carboxylic acid groups (broad SMARTS) is 1. The van der Waals surface area contributed by atoms with Crippen molar-refractivity contribution in [3.8, 4) is 0 Å². The van der Waals surface area contributed by atoms with Crippen molar-refractivity contribution in [1.29, 1.82) is 0 Å². The number of aliphatic carboxylic acids is 1. The second-order valence-corrected chi connectivity index (χ2v) is 11.3. The SMILES string of the molecule is Cc1cc(C)c(S(=O)(=O)NC(CN(C)C(=O)c2c[nH]c3cc(CNc4ncc[nH]4)ccc3c2=O)C(=O)O)c(C)c1. The number of aromatic amines is 2. The Hall–Kier alpha value is -4.49. The number of nitrogens with zero attached hydrogens (tertiary/aromatic N) is 2. The van der Waals surface area contributed by atoms with Gasteiger partial charge in [-0.1, -0.05) is 23.8 Å². The number of benzene rings is 2. The number of carboxylic acids is 1. The molecule has 0 radical (unpaired) electrons. The van der Waals surface area contributed by atoms with E-state index in [1.807, 2.05) is 6.92 Å². The minimum absolute atomic E-state index is 0.0111. The average molecular weight is 567 g/mol. The van der Waals surface area contributed by atoms with Crippen LogP contribution in [-0.2, 0) is 21.4 Å². The number of aromatic nitrogens is 3. The molecule has 0 fully saturated rings. The van der Waals surface area contributed by atoms with Crippen LogP contribution in [-0.4, -0.2) is 64.9 Å². The van der Waals surface area contributed by atoms with Crippen molar-refractivity contribution in [2.45, 2.75) is 38.3 Å². The van der Waals surface area contributed by atoms with Gasteiger partial charge >= 0.3 is 5.97 Å². The van der Waals surface area contributed by atoms with Crippen LogP contribution in [0.5, 0.6) is 0 Å².